The van der Waals surface area contributed by atoms with Crippen LogP contribution in [-0.2, 0) is 30.3 Å². The number of fused-ring (bicyclic) bond motifs is 1. The van der Waals surface area contributed by atoms with Crippen LogP contribution in [0.5, 0.6) is 11.5 Å². The molecule has 51 heavy (non-hydrogen) atoms. The number of rotatable bonds is 4. The number of aromatic hydroxyl groups is 2. The third kappa shape index (κ3) is 7.99. The maximum atomic E-state index is 15.5. The first-order valence-electron chi connectivity index (χ1n) is 18.4. The Morgan fingerprint density at radius 3 is 2.43 bits per heavy atom. The third-order valence-electron chi connectivity index (χ3n) is 11.4. The van der Waals surface area contributed by atoms with Gasteiger partial charge in [0, 0.05) is 42.0 Å². The highest BCUT2D eigenvalue weighted by molar-refractivity contribution is 8.01. The lowest BCUT2D eigenvalue weighted by Gasteiger charge is -2.46. The number of esters is 1. The molecule has 11 heteroatoms. The fraction of sp³-hybridized carbons (Fsp3) is 0.625. The van der Waals surface area contributed by atoms with Gasteiger partial charge in [0.1, 0.15) is 23.0 Å². The number of phenols is 2. The highest BCUT2D eigenvalue weighted by Gasteiger charge is 2.66. The molecule has 1 aromatic rings. The highest BCUT2D eigenvalue weighted by Crippen LogP contribution is 2.56. The van der Waals surface area contributed by atoms with E-state index < -0.39 is 57.3 Å². The average Bonchev–Trinajstić information content (AvgIpc) is 3.31. The number of aliphatic hydroxyl groups is 1. The Bertz CT molecular complexity index is 1630. The molecular weight excluding hydrogens is 671 g/mol. The van der Waals surface area contributed by atoms with Gasteiger partial charge in [0.05, 0.1) is 23.3 Å². The van der Waals surface area contributed by atoms with Gasteiger partial charge in [0.2, 0.25) is 5.91 Å². The maximum absolute atomic E-state index is 15.5. The smallest absolute Gasteiger partial charge is 0.310 e. The van der Waals surface area contributed by atoms with Crippen LogP contribution < -0.4 is 5.32 Å². The van der Waals surface area contributed by atoms with Gasteiger partial charge < -0.3 is 25.4 Å². The molecule has 1 saturated heterocycles. The summed E-state index contributed by atoms with van der Waals surface area (Å²) in [5.41, 5.74) is 0.533. The fourth-order valence-corrected chi connectivity index (χ4v) is 10.4. The second-order valence-electron chi connectivity index (χ2n) is 15.7. The van der Waals surface area contributed by atoms with Crippen molar-refractivity contribution in [2.45, 2.75) is 128 Å². The van der Waals surface area contributed by atoms with Crippen LogP contribution in [0.2, 0.25) is 0 Å². The lowest BCUT2D eigenvalue weighted by Crippen LogP contribution is -2.55. The predicted molar refractivity (Wildman–Crippen MR) is 194 cm³/mol. The first kappa shape index (κ1) is 38.8. The Hall–Kier alpha value is -3.44. The molecule has 4 aliphatic rings. The topological polar surface area (TPSA) is 167 Å². The van der Waals surface area contributed by atoms with Gasteiger partial charge >= 0.3 is 5.97 Å². The number of Topliss-reactive ketones (excluding diaryl/α,β-unsaturated/α-hetero) is 3. The van der Waals surface area contributed by atoms with Gasteiger partial charge in [-0.15, -0.1) is 11.8 Å². The standard InChI is InChI=1S/C40H53NO9S/c1-20(2)12-29-37-24(6)22(4)14-26-13-21(3)10-11-30(43)31(44)19-34(38(48)40(26,37)39(49)41-29)51-28-9-7-8-23(5)50-35(47)16-25-15-27(42)17-32(45)36(25)33(46)18-28/h13-15,17,20,23-24,26,28-30,34,37,42-43,45H,7-12,16,18-19H2,1-6H3,(H,41,49)/b21-13+/t23-,24+,26-,28-,29-,30+,34+,37-,40-/m0/s1. The molecule has 1 spiro atoms. The SMILES string of the molecule is CC1=C[C@@H]2/C=C(\C)CC[C@@H](O)C(=O)C[C@@H](S[C@H]3CCC[C@H](C)OC(=O)Cc4cc(O)cc(O)c4C(=O)C3)C(=O)[C@]23C(=O)N[C@@H](CC(C)C)[C@@H]3[C@@H]1C. The van der Waals surface area contributed by atoms with Crippen molar-refractivity contribution in [2.75, 3.05) is 0 Å². The number of allylic oxidation sites excluding steroid dienone is 4. The summed E-state index contributed by atoms with van der Waals surface area (Å²) in [5.74, 6) is -3.78. The number of hydrogen-bond donors (Lipinski definition) is 4. The quantitative estimate of drug-likeness (QED) is 0.170. The average molecular weight is 724 g/mol. The molecule has 0 bridgehead atoms. The zero-order valence-electron chi connectivity index (χ0n) is 30.6. The monoisotopic (exact) mass is 723 g/mol. The molecule has 9 atom stereocenters. The number of carbonyl (C=O) groups excluding carboxylic acids is 5. The minimum atomic E-state index is -1.49. The molecule has 0 radical (unpaired) electrons. The van der Waals surface area contributed by atoms with E-state index in [2.05, 4.69) is 26.1 Å². The number of ketones is 3. The minimum Gasteiger partial charge on any atom is -0.508 e. The van der Waals surface area contributed by atoms with Gasteiger partial charge in [0.25, 0.3) is 0 Å². The zero-order valence-corrected chi connectivity index (χ0v) is 31.4. The summed E-state index contributed by atoms with van der Waals surface area (Å²) in [4.78, 5) is 70.4. The van der Waals surface area contributed by atoms with Crippen molar-refractivity contribution in [2.24, 2.45) is 29.1 Å². The number of amides is 1. The van der Waals surface area contributed by atoms with E-state index in [0.717, 1.165) is 17.2 Å². The molecule has 2 heterocycles. The van der Waals surface area contributed by atoms with Crippen molar-refractivity contribution in [3.8, 4) is 11.5 Å². The van der Waals surface area contributed by atoms with Crippen molar-refractivity contribution < 1.29 is 44.0 Å². The number of phenolic OH excluding ortho intramolecular Hbond substituents is 2. The summed E-state index contributed by atoms with van der Waals surface area (Å²) < 4.78 is 5.57. The van der Waals surface area contributed by atoms with Crippen LogP contribution in [0.3, 0.4) is 0 Å². The number of ether oxygens (including phenoxy) is 1. The largest absolute Gasteiger partial charge is 0.508 e. The molecular formula is C40H53NO9S. The summed E-state index contributed by atoms with van der Waals surface area (Å²) in [7, 11) is 0. The Morgan fingerprint density at radius 2 is 1.73 bits per heavy atom. The number of aliphatic hydroxyl groups excluding tert-OH is 1. The van der Waals surface area contributed by atoms with Gasteiger partial charge in [-0.2, -0.15) is 0 Å². The Labute approximate surface area is 304 Å². The molecule has 2 aliphatic heterocycles. The number of carbonyl (C=O) groups is 5. The summed E-state index contributed by atoms with van der Waals surface area (Å²) in [5, 5.41) is 33.6. The number of hydrogen-bond acceptors (Lipinski definition) is 10. The van der Waals surface area contributed by atoms with Crippen molar-refractivity contribution in [3.05, 3.63) is 46.6 Å². The van der Waals surface area contributed by atoms with Gasteiger partial charge in [-0.05, 0) is 82.8 Å². The Morgan fingerprint density at radius 1 is 1.00 bits per heavy atom. The van der Waals surface area contributed by atoms with Crippen molar-refractivity contribution in [1.29, 1.82) is 0 Å². The summed E-state index contributed by atoms with van der Waals surface area (Å²) >= 11 is 1.20. The van der Waals surface area contributed by atoms with Gasteiger partial charge in [-0.25, -0.2) is 0 Å². The van der Waals surface area contributed by atoms with E-state index in [9.17, 15) is 34.5 Å². The number of thioether (sulfide) groups is 1. The van der Waals surface area contributed by atoms with E-state index in [-0.39, 0.29) is 78.0 Å². The second kappa shape index (κ2) is 15.7. The van der Waals surface area contributed by atoms with Gasteiger partial charge in [0.15, 0.2) is 17.3 Å². The molecule has 2 aliphatic carbocycles. The van der Waals surface area contributed by atoms with Crippen LogP contribution in [0.15, 0.2) is 35.4 Å². The van der Waals surface area contributed by atoms with E-state index in [4.69, 9.17) is 4.74 Å². The van der Waals surface area contributed by atoms with E-state index in [0.29, 0.717) is 32.1 Å². The normalized spacial score (nSPS) is 35.1. The lowest BCUT2D eigenvalue weighted by atomic mass is 9.54. The van der Waals surface area contributed by atoms with Crippen LogP contribution in [0.1, 0.15) is 109 Å². The predicted octanol–water partition coefficient (Wildman–Crippen LogP) is 5.79. The highest BCUT2D eigenvalue weighted by atomic mass is 32.2. The molecule has 278 valence electrons. The number of nitrogens with one attached hydrogen (secondary N) is 1. The molecule has 1 aromatic carbocycles. The Balaban J connectivity index is 1.61. The zero-order chi connectivity index (χ0) is 37.4. The lowest BCUT2D eigenvalue weighted by molar-refractivity contribution is -0.148. The van der Waals surface area contributed by atoms with Crippen LogP contribution in [0.25, 0.3) is 0 Å². The molecule has 5 rings (SSSR count). The van der Waals surface area contributed by atoms with Crippen LogP contribution in [0, 0.1) is 29.1 Å². The molecule has 1 fully saturated rings. The molecule has 1 amide bonds. The van der Waals surface area contributed by atoms with Gasteiger partial charge in [-0.3, -0.25) is 24.0 Å². The third-order valence-corrected chi connectivity index (χ3v) is 12.9. The molecule has 10 nitrogen and oxygen atoms in total. The van der Waals surface area contributed by atoms with Crippen molar-refractivity contribution >= 4 is 41.0 Å². The van der Waals surface area contributed by atoms with Crippen molar-refractivity contribution in [1.82, 2.24) is 5.32 Å². The van der Waals surface area contributed by atoms with Crippen LogP contribution in [0.4, 0.5) is 0 Å². The summed E-state index contributed by atoms with van der Waals surface area (Å²) in [6.45, 7) is 12.0. The molecule has 0 unspecified atom stereocenters. The minimum absolute atomic E-state index is 0.0957. The number of benzene rings is 1. The molecule has 0 aromatic heterocycles. The van der Waals surface area contributed by atoms with Crippen molar-refractivity contribution in [3.63, 3.8) is 0 Å². The molecule has 4 N–H and O–H groups in total. The first-order chi connectivity index (χ1) is 24.0. The van der Waals surface area contributed by atoms with E-state index in [1.807, 2.05) is 26.0 Å². The second-order valence-corrected chi connectivity index (χ2v) is 17.2. The number of cyclic esters (lactones) is 1. The van der Waals surface area contributed by atoms with Crippen LogP contribution >= 0.6 is 11.8 Å². The first-order valence-corrected chi connectivity index (χ1v) is 19.3. The van der Waals surface area contributed by atoms with E-state index >= 15 is 4.79 Å². The van der Waals surface area contributed by atoms with Gasteiger partial charge in [-0.1, -0.05) is 44.1 Å². The van der Waals surface area contributed by atoms with E-state index in [1.165, 1.54) is 17.8 Å². The summed E-state index contributed by atoms with van der Waals surface area (Å²) in [6.07, 6.45) is 4.31. The maximum Gasteiger partial charge on any atom is 0.310 e. The van der Waals surface area contributed by atoms with Crippen LogP contribution in [-0.4, -0.2) is 73.3 Å². The Kier molecular flexibility index (Phi) is 11.9. The van der Waals surface area contributed by atoms with E-state index in [1.54, 1.807) is 6.92 Å². The molecule has 0 saturated carbocycles. The fourth-order valence-electron chi connectivity index (χ4n) is 8.85. The summed E-state index contributed by atoms with van der Waals surface area (Å²) in [6, 6.07) is 2.06.